The number of nitrogens with one attached hydrogen (secondary N) is 1. The van der Waals surface area contributed by atoms with Crippen LogP contribution in [0.1, 0.15) is 13.3 Å². The minimum absolute atomic E-state index is 0.379. The van der Waals surface area contributed by atoms with E-state index in [0.717, 1.165) is 76.1 Å². The predicted molar refractivity (Wildman–Crippen MR) is 159 cm³/mol. The maximum Gasteiger partial charge on any atom is 0.275 e. The van der Waals surface area contributed by atoms with Crippen LogP contribution in [0.5, 0.6) is 5.75 Å². The largest absolute Gasteiger partial charge is 0.494 e. The normalized spacial score (nSPS) is 16.6. The number of hydrogen-bond acceptors (Lipinski definition) is 10. The van der Waals surface area contributed by atoms with Crippen molar-refractivity contribution in [2.45, 2.75) is 13.3 Å². The lowest BCUT2D eigenvalue weighted by Crippen LogP contribution is -2.44. The molecule has 5 heterocycles. The van der Waals surface area contributed by atoms with Crippen LogP contribution in [0.15, 0.2) is 58.8 Å². The second-order valence-corrected chi connectivity index (χ2v) is 11.8. The van der Waals surface area contributed by atoms with Crippen LogP contribution < -0.4 is 10.2 Å². The van der Waals surface area contributed by atoms with Crippen LogP contribution in [0, 0.1) is 0 Å². The monoisotopic (exact) mass is 574 g/mol. The lowest BCUT2D eigenvalue weighted by molar-refractivity contribution is -0.135. The molecule has 2 amide bonds. The molecule has 40 heavy (non-hydrogen) atoms. The third kappa shape index (κ3) is 5.50. The smallest absolute Gasteiger partial charge is 0.275 e. The van der Waals surface area contributed by atoms with Gasteiger partial charge in [0.2, 0.25) is 0 Å². The number of anilines is 1. The highest BCUT2D eigenvalue weighted by Crippen LogP contribution is 2.40. The summed E-state index contributed by atoms with van der Waals surface area (Å²) in [6.07, 6.45) is 2.29. The minimum Gasteiger partial charge on any atom is -0.494 e. The molecule has 0 unspecified atom stereocenters. The quantitative estimate of drug-likeness (QED) is 0.226. The first-order chi connectivity index (χ1) is 19.5. The zero-order valence-corrected chi connectivity index (χ0v) is 24.1. The first-order valence-corrected chi connectivity index (χ1v) is 15.0. The van der Waals surface area contributed by atoms with Gasteiger partial charge in [-0.25, -0.2) is 9.97 Å². The number of rotatable bonds is 9. The summed E-state index contributed by atoms with van der Waals surface area (Å²) >= 11 is 3.03. The van der Waals surface area contributed by atoms with Crippen LogP contribution in [0.2, 0.25) is 0 Å². The molecule has 0 spiro atoms. The van der Waals surface area contributed by atoms with Crippen molar-refractivity contribution >= 4 is 50.5 Å². The minimum atomic E-state index is -0.421. The molecule has 0 aliphatic carbocycles. The Morgan fingerprint density at radius 1 is 1.05 bits per heavy atom. The summed E-state index contributed by atoms with van der Waals surface area (Å²) in [5.74, 6) is 0.937. The van der Waals surface area contributed by atoms with Crippen molar-refractivity contribution in [3.8, 4) is 27.6 Å². The van der Waals surface area contributed by atoms with Crippen LogP contribution in [-0.2, 0) is 9.59 Å². The van der Waals surface area contributed by atoms with E-state index >= 15 is 0 Å². The highest BCUT2D eigenvalue weighted by atomic mass is 32.1. The Morgan fingerprint density at radius 2 is 1.90 bits per heavy atom. The molecule has 1 fully saturated rings. The number of thiophene rings is 2. The molecule has 0 radical (unpaired) electrons. The molecular formula is C29H30N6O3S2. The van der Waals surface area contributed by atoms with Gasteiger partial charge in [0.1, 0.15) is 10.6 Å². The van der Waals surface area contributed by atoms with Crippen LogP contribution in [-0.4, -0.2) is 83.0 Å². The van der Waals surface area contributed by atoms with Gasteiger partial charge in [-0.2, -0.15) is 5.01 Å². The molecule has 206 valence electrons. The zero-order valence-electron chi connectivity index (χ0n) is 22.4. The third-order valence-corrected chi connectivity index (χ3v) is 8.86. The molecule has 2 aliphatic rings. The van der Waals surface area contributed by atoms with E-state index in [2.05, 4.69) is 22.3 Å². The number of fused-ring (bicyclic) bond motifs is 1. The molecule has 1 saturated heterocycles. The summed E-state index contributed by atoms with van der Waals surface area (Å²) in [6.45, 7) is 7.74. The highest BCUT2D eigenvalue weighted by molar-refractivity contribution is 7.17. The molecule has 1 N–H and O–H groups in total. The number of carbonyl (C=O) groups excluding carboxylic acids is 2. The Morgan fingerprint density at radius 3 is 2.65 bits per heavy atom. The molecule has 6 rings (SSSR count). The van der Waals surface area contributed by atoms with Gasteiger partial charge in [-0.05, 0) is 49.5 Å². The fraction of sp³-hybridized carbons (Fsp3) is 0.310. The number of piperazine rings is 1. The lowest BCUT2D eigenvalue weighted by atomic mass is 10.1. The van der Waals surface area contributed by atoms with Gasteiger partial charge < -0.3 is 14.5 Å². The van der Waals surface area contributed by atoms with Gasteiger partial charge in [-0.1, -0.05) is 18.2 Å². The molecule has 11 heteroatoms. The molecule has 3 aromatic heterocycles. The zero-order chi connectivity index (χ0) is 27.6. The Bertz CT molecular complexity index is 1570. The Labute approximate surface area is 240 Å². The van der Waals surface area contributed by atoms with Gasteiger partial charge in [-0.15, -0.1) is 22.7 Å². The average Bonchev–Trinajstić information content (AvgIpc) is 3.70. The molecule has 9 nitrogen and oxygen atoms in total. The summed E-state index contributed by atoms with van der Waals surface area (Å²) in [5.41, 5.74) is 5.25. The van der Waals surface area contributed by atoms with E-state index in [1.54, 1.807) is 6.92 Å². The van der Waals surface area contributed by atoms with Crippen LogP contribution in [0.3, 0.4) is 0 Å². The number of aromatic nitrogens is 2. The lowest BCUT2D eigenvalue weighted by Gasteiger charge is -2.32. The number of hydrazine groups is 1. The Kier molecular flexibility index (Phi) is 7.61. The third-order valence-electron chi connectivity index (χ3n) is 7.12. The van der Waals surface area contributed by atoms with Gasteiger partial charge in [-0.3, -0.25) is 15.0 Å². The van der Waals surface area contributed by atoms with E-state index in [0.29, 0.717) is 23.8 Å². The number of likely N-dealkylation sites (N-methyl/N-ethyl adjacent to an activating group) is 1. The van der Waals surface area contributed by atoms with Crippen molar-refractivity contribution in [2.24, 2.45) is 0 Å². The van der Waals surface area contributed by atoms with Crippen LogP contribution >= 0.6 is 22.7 Å². The van der Waals surface area contributed by atoms with Crippen LogP contribution in [0.4, 0.5) is 5.82 Å². The van der Waals surface area contributed by atoms with Gasteiger partial charge >= 0.3 is 0 Å². The standard InChI is InChI=1S/C29H30N6O3S2/c1-19-16-24(36)35(29(19)37)32-27-25-22(18-40-28(25)31-26(30-27)23-8-4-15-39-23)20-6-3-7-21(17-20)38-14-5-9-34-12-10-33(2)11-13-34/h3-4,6-8,15-18H,5,9-14H2,1-2H3,(H,30,31,32). The number of hydrogen-bond donors (Lipinski definition) is 1. The molecule has 0 atom stereocenters. The van der Waals surface area contributed by atoms with E-state index in [-0.39, 0.29) is 0 Å². The van der Waals surface area contributed by atoms with Gasteiger partial charge in [0.15, 0.2) is 11.6 Å². The first kappa shape index (κ1) is 26.6. The van der Waals surface area contributed by atoms with Crippen molar-refractivity contribution in [1.29, 1.82) is 0 Å². The number of amides is 2. The molecular weight excluding hydrogens is 544 g/mol. The number of nitrogens with zero attached hydrogens (tertiary/aromatic N) is 5. The molecule has 0 saturated carbocycles. The fourth-order valence-electron chi connectivity index (χ4n) is 4.85. The average molecular weight is 575 g/mol. The fourth-order valence-corrected chi connectivity index (χ4v) is 6.46. The van der Waals surface area contributed by atoms with E-state index in [9.17, 15) is 9.59 Å². The number of ether oxygens (including phenoxy) is 1. The van der Waals surface area contributed by atoms with Gasteiger partial charge in [0.05, 0.1) is 16.9 Å². The second kappa shape index (κ2) is 11.5. The first-order valence-electron chi connectivity index (χ1n) is 13.3. The predicted octanol–water partition coefficient (Wildman–Crippen LogP) is 4.75. The SMILES string of the molecule is CC1=CC(=O)N(Nc2nc(-c3cccs3)nc3scc(-c4cccc(OCCCN5CCN(C)CC5)c4)c23)C1=O. The number of carbonyl (C=O) groups is 2. The topological polar surface area (TPSA) is 90.9 Å². The summed E-state index contributed by atoms with van der Waals surface area (Å²) in [4.78, 5) is 41.3. The van der Waals surface area contributed by atoms with E-state index < -0.39 is 11.8 Å². The summed E-state index contributed by atoms with van der Waals surface area (Å²) in [6, 6.07) is 11.9. The summed E-state index contributed by atoms with van der Waals surface area (Å²) < 4.78 is 6.13. The number of imide groups is 1. The maximum absolute atomic E-state index is 12.7. The van der Waals surface area contributed by atoms with Crippen molar-refractivity contribution < 1.29 is 14.3 Å². The van der Waals surface area contributed by atoms with Crippen molar-refractivity contribution in [2.75, 3.05) is 51.8 Å². The summed E-state index contributed by atoms with van der Waals surface area (Å²) in [7, 11) is 2.17. The van der Waals surface area contributed by atoms with E-state index in [1.807, 2.05) is 47.2 Å². The molecule has 4 aromatic rings. The Balaban J connectivity index is 1.26. The molecule has 1 aromatic carbocycles. The van der Waals surface area contributed by atoms with Crippen molar-refractivity contribution in [3.05, 3.63) is 58.8 Å². The Hall–Kier alpha value is -3.64. The maximum atomic E-state index is 12.7. The van der Waals surface area contributed by atoms with E-state index in [1.165, 1.54) is 28.7 Å². The van der Waals surface area contributed by atoms with Gasteiger partial charge in [0.25, 0.3) is 11.8 Å². The second-order valence-electron chi connectivity index (χ2n) is 10.00. The number of benzene rings is 1. The summed E-state index contributed by atoms with van der Waals surface area (Å²) in [5, 5.41) is 5.76. The van der Waals surface area contributed by atoms with Crippen molar-refractivity contribution in [1.82, 2.24) is 24.8 Å². The van der Waals surface area contributed by atoms with Gasteiger partial charge in [0, 0.05) is 55.3 Å². The molecule has 2 aliphatic heterocycles. The van der Waals surface area contributed by atoms with E-state index in [4.69, 9.17) is 14.7 Å². The molecule has 0 bridgehead atoms. The highest BCUT2D eigenvalue weighted by Gasteiger charge is 2.30. The van der Waals surface area contributed by atoms with Crippen LogP contribution in [0.25, 0.3) is 32.0 Å². The van der Waals surface area contributed by atoms with Crippen molar-refractivity contribution in [3.63, 3.8) is 0 Å².